The summed E-state index contributed by atoms with van der Waals surface area (Å²) in [4.78, 5) is 0. The zero-order valence-electron chi connectivity index (χ0n) is 8.76. The predicted molar refractivity (Wildman–Crippen MR) is 68.6 cm³/mol. The molecule has 1 atom stereocenters. The van der Waals surface area contributed by atoms with E-state index >= 15 is 0 Å². The third-order valence-electron chi connectivity index (χ3n) is 2.59. The SMILES string of the molecule is CC(O)c1c(Cl)n(C)c2c(Cl)cc(Cl)cc12. The molecule has 2 aromatic rings. The van der Waals surface area contributed by atoms with Gasteiger partial charge in [0.2, 0.25) is 0 Å². The molecular weight excluding hydrogens is 268 g/mol. The molecule has 1 N–H and O–H groups in total. The van der Waals surface area contributed by atoms with Crippen LogP contribution in [0.15, 0.2) is 12.1 Å². The highest BCUT2D eigenvalue weighted by Gasteiger charge is 2.19. The minimum Gasteiger partial charge on any atom is -0.389 e. The van der Waals surface area contributed by atoms with Crippen molar-refractivity contribution in [1.82, 2.24) is 4.57 Å². The summed E-state index contributed by atoms with van der Waals surface area (Å²) in [7, 11) is 1.80. The number of aromatic nitrogens is 1. The summed E-state index contributed by atoms with van der Waals surface area (Å²) in [5.74, 6) is 0. The van der Waals surface area contributed by atoms with E-state index in [1.165, 1.54) is 0 Å². The predicted octanol–water partition coefficient (Wildman–Crippen LogP) is 4.19. The Hall–Kier alpha value is -0.410. The second-order valence-corrected chi connectivity index (χ2v) is 4.92. The van der Waals surface area contributed by atoms with Crippen molar-refractivity contribution in [2.75, 3.05) is 0 Å². The van der Waals surface area contributed by atoms with E-state index in [4.69, 9.17) is 34.8 Å². The van der Waals surface area contributed by atoms with Crippen LogP contribution in [0.1, 0.15) is 18.6 Å². The van der Waals surface area contributed by atoms with E-state index in [0.29, 0.717) is 20.8 Å². The summed E-state index contributed by atoms with van der Waals surface area (Å²) in [5, 5.41) is 12.0. The zero-order chi connectivity index (χ0) is 12.0. The molecule has 5 heteroatoms. The molecule has 86 valence electrons. The number of nitrogens with zero attached hydrogens (tertiary/aromatic N) is 1. The van der Waals surface area contributed by atoms with E-state index in [9.17, 15) is 5.11 Å². The van der Waals surface area contributed by atoms with Crippen LogP contribution in [0, 0.1) is 0 Å². The van der Waals surface area contributed by atoms with E-state index in [2.05, 4.69) is 0 Å². The number of rotatable bonds is 1. The number of benzene rings is 1. The van der Waals surface area contributed by atoms with Gasteiger partial charge in [-0.2, -0.15) is 0 Å². The van der Waals surface area contributed by atoms with Crippen molar-refractivity contribution in [3.63, 3.8) is 0 Å². The minimum absolute atomic E-state index is 0.481. The highest BCUT2D eigenvalue weighted by atomic mass is 35.5. The lowest BCUT2D eigenvalue weighted by Gasteiger charge is -2.03. The second kappa shape index (κ2) is 4.11. The van der Waals surface area contributed by atoms with Crippen molar-refractivity contribution in [2.24, 2.45) is 7.05 Å². The molecule has 16 heavy (non-hydrogen) atoms. The van der Waals surface area contributed by atoms with E-state index in [1.807, 2.05) is 0 Å². The topological polar surface area (TPSA) is 25.2 Å². The number of hydrogen-bond donors (Lipinski definition) is 1. The molecular formula is C11H10Cl3NO. The molecule has 0 radical (unpaired) electrons. The number of aryl methyl sites for hydroxylation is 1. The molecule has 2 rings (SSSR count). The highest BCUT2D eigenvalue weighted by Crippen LogP contribution is 2.38. The molecule has 0 bridgehead atoms. The van der Waals surface area contributed by atoms with Crippen molar-refractivity contribution < 1.29 is 5.11 Å². The number of aliphatic hydroxyl groups excluding tert-OH is 1. The quantitative estimate of drug-likeness (QED) is 0.831. The van der Waals surface area contributed by atoms with Gasteiger partial charge in [0, 0.05) is 23.0 Å². The van der Waals surface area contributed by atoms with Crippen molar-refractivity contribution in [3.05, 3.63) is 32.9 Å². The average Bonchev–Trinajstić information content (AvgIpc) is 2.38. The fourth-order valence-corrected chi connectivity index (χ4v) is 2.86. The molecule has 0 fully saturated rings. The fourth-order valence-electron chi connectivity index (χ4n) is 1.90. The first-order valence-electron chi connectivity index (χ1n) is 4.74. The van der Waals surface area contributed by atoms with Crippen LogP contribution in [0.5, 0.6) is 0 Å². The molecule has 0 spiro atoms. The van der Waals surface area contributed by atoms with Gasteiger partial charge < -0.3 is 9.67 Å². The Labute approximate surface area is 108 Å². The van der Waals surface area contributed by atoms with E-state index in [-0.39, 0.29) is 0 Å². The van der Waals surface area contributed by atoms with Gasteiger partial charge in [-0.05, 0) is 19.1 Å². The first-order valence-corrected chi connectivity index (χ1v) is 5.87. The molecule has 1 aromatic heterocycles. The van der Waals surface area contributed by atoms with Crippen molar-refractivity contribution in [1.29, 1.82) is 0 Å². The molecule has 0 saturated heterocycles. The largest absolute Gasteiger partial charge is 0.389 e. The standard InChI is InChI=1S/C11H10Cl3NO/c1-5(16)9-7-3-6(12)4-8(13)10(7)15(2)11(9)14/h3-5,16H,1-2H3. The maximum absolute atomic E-state index is 9.71. The van der Waals surface area contributed by atoms with E-state index < -0.39 is 6.10 Å². The second-order valence-electron chi connectivity index (χ2n) is 3.72. The lowest BCUT2D eigenvalue weighted by molar-refractivity contribution is 0.201. The Balaban J connectivity index is 2.96. The minimum atomic E-state index is -0.661. The van der Waals surface area contributed by atoms with Gasteiger partial charge in [-0.15, -0.1) is 0 Å². The van der Waals surface area contributed by atoms with Gasteiger partial charge in [-0.3, -0.25) is 0 Å². The van der Waals surface area contributed by atoms with Crippen molar-refractivity contribution in [3.8, 4) is 0 Å². The first kappa shape index (κ1) is 12.1. The first-order chi connectivity index (χ1) is 7.43. The van der Waals surface area contributed by atoms with Gasteiger partial charge in [-0.25, -0.2) is 0 Å². The number of fused-ring (bicyclic) bond motifs is 1. The normalized spacial score (nSPS) is 13.4. The van der Waals surface area contributed by atoms with Gasteiger partial charge in [0.1, 0.15) is 5.15 Å². The van der Waals surface area contributed by atoms with Crippen LogP contribution < -0.4 is 0 Å². The van der Waals surface area contributed by atoms with Crippen LogP contribution in [0.2, 0.25) is 15.2 Å². The summed E-state index contributed by atoms with van der Waals surface area (Å²) < 4.78 is 1.75. The Morgan fingerprint density at radius 2 is 1.88 bits per heavy atom. The molecule has 0 aliphatic carbocycles. The van der Waals surface area contributed by atoms with Crippen LogP contribution in [-0.4, -0.2) is 9.67 Å². The highest BCUT2D eigenvalue weighted by molar-refractivity contribution is 6.39. The summed E-state index contributed by atoms with van der Waals surface area (Å²) in [6.45, 7) is 1.66. The third-order valence-corrected chi connectivity index (χ3v) is 3.55. The maximum Gasteiger partial charge on any atom is 0.115 e. The lowest BCUT2D eigenvalue weighted by atomic mass is 10.1. The van der Waals surface area contributed by atoms with Gasteiger partial charge in [-0.1, -0.05) is 34.8 Å². The van der Waals surface area contributed by atoms with Crippen molar-refractivity contribution >= 4 is 45.7 Å². The molecule has 0 amide bonds. The van der Waals surface area contributed by atoms with Crippen molar-refractivity contribution in [2.45, 2.75) is 13.0 Å². The third kappa shape index (κ3) is 1.70. The van der Waals surface area contributed by atoms with Gasteiger partial charge >= 0.3 is 0 Å². The molecule has 1 aromatic carbocycles. The molecule has 1 heterocycles. The summed E-state index contributed by atoms with van der Waals surface area (Å²) in [6.07, 6.45) is -0.661. The van der Waals surface area contributed by atoms with Crippen LogP contribution in [0.4, 0.5) is 0 Å². The van der Waals surface area contributed by atoms with Crippen LogP contribution in [0.3, 0.4) is 0 Å². The summed E-state index contributed by atoms with van der Waals surface area (Å²) in [6, 6.07) is 3.42. The van der Waals surface area contributed by atoms with Gasteiger partial charge in [0.25, 0.3) is 0 Å². The maximum atomic E-state index is 9.71. The van der Waals surface area contributed by atoms with Crippen LogP contribution in [-0.2, 0) is 7.05 Å². The Kier molecular flexibility index (Phi) is 3.10. The Bertz CT molecular complexity index is 560. The van der Waals surface area contributed by atoms with Gasteiger partial charge in [0.05, 0.1) is 16.6 Å². The Morgan fingerprint density at radius 3 is 2.44 bits per heavy atom. The monoisotopic (exact) mass is 277 g/mol. The molecule has 0 aliphatic rings. The zero-order valence-corrected chi connectivity index (χ0v) is 11.0. The number of hydrogen-bond acceptors (Lipinski definition) is 1. The van der Waals surface area contributed by atoms with E-state index in [1.54, 1.807) is 30.7 Å². The summed E-state index contributed by atoms with van der Waals surface area (Å²) >= 11 is 18.2. The fraction of sp³-hybridized carbons (Fsp3) is 0.273. The number of aliphatic hydroxyl groups is 1. The van der Waals surface area contributed by atoms with Crippen LogP contribution in [0.25, 0.3) is 10.9 Å². The lowest BCUT2D eigenvalue weighted by Crippen LogP contribution is -1.91. The Morgan fingerprint density at radius 1 is 1.25 bits per heavy atom. The average molecular weight is 279 g/mol. The molecule has 0 aliphatic heterocycles. The van der Waals surface area contributed by atoms with Gasteiger partial charge in [0.15, 0.2) is 0 Å². The number of halogens is 3. The molecule has 0 saturated carbocycles. The van der Waals surface area contributed by atoms with Crippen LogP contribution >= 0.6 is 34.8 Å². The summed E-state index contributed by atoms with van der Waals surface area (Å²) in [5.41, 5.74) is 1.44. The molecule has 1 unspecified atom stereocenters. The smallest absolute Gasteiger partial charge is 0.115 e. The van der Waals surface area contributed by atoms with E-state index in [0.717, 1.165) is 10.9 Å². The molecule has 2 nitrogen and oxygen atoms in total.